The van der Waals surface area contributed by atoms with E-state index in [0.29, 0.717) is 17.1 Å². The lowest BCUT2D eigenvalue weighted by molar-refractivity contribution is 0.102. The van der Waals surface area contributed by atoms with Gasteiger partial charge >= 0.3 is 0 Å². The van der Waals surface area contributed by atoms with Gasteiger partial charge in [-0.15, -0.1) is 0 Å². The lowest BCUT2D eigenvalue weighted by Gasteiger charge is -2.12. The fourth-order valence-corrected chi connectivity index (χ4v) is 2.98. The quantitative estimate of drug-likeness (QED) is 0.774. The summed E-state index contributed by atoms with van der Waals surface area (Å²) < 4.78 is 25.0. The van der Waals surface area contributed by atoms with Gasteiger partial charge in [-0.2, -0.15) is 5.10 Å². The number of amides is 1. The number of hydrogen-bond acceptors (Lipinski definition) is 5. The van der Waals surface area contributed by atoms with E-state index < -0.39 is 15.7 Å². The summed E-state index contributed by atoms with van der Waals surface area (Å²) in [5.41, 5.74) is 1.44. The number of aromatic nitrogens is 3. The SMILES string of the molecule is Cc1ccc(S(C)(=O)=O)cc1C(=O)Nc1cccnc1-n1cccn1. The lowest BCUT2D eigenvalue weighted by atomic mass is 10.1. The zero-order valence-electron chi connectivity index (χ0n) is 13.7. The molecule has 0 radical (unpaired) electrons. The Morgan fingerprint density at radius 3 is 2.64 bits per heavy atom. The number of anilines is 1. The van der Waals surface area contributed by atoms with E-state index in [-0.39, 0.29) is 10.5 Å². The van der Waals surface area contributed by atoms with Crippen molar-refractivity contribution in [2.75, 3.05) is 11.6 Å². The third-order valence-corrected chi connectivity index (χ3v) is 4.75. The van der Waals surface area contributed by atoms with Crippen LogP contribution in [-0.2, 0) is 9.84 Å². The zero-order valence-corrected chi connectivity index (χ0v) is 14.5. The van der Waals surface area contributed by atoms with E-state index in [0.717, 1.165) is 6.26 Å². The maximum absolute atomic E-state index is 12.7. The molecule has 0 atom stereocenters. The highest BCUT2D eigenvalue weighted by Gasteiger charge is 2.16. The van der Waals surface area contributed by atoms with E-state index in [2.05, 4.69) is 15.4 Å². The minimum absolute atomic E-state index is 0.0988. The van der Waals surface area contributed by atoms with Crippen molar-refractivity contribution >= 4 is 21.4 Å². The molecule has 0 aliphatic heterocycles. The average Bonchev–Trinajstić information content (AvgIpc) is 3.09. The molecule has 0 saturated heterocycles. The normalized spacial score (nSPS) is 11.3. The Kier molecular flexibility index (Phi) is 4.37. The molecule has 0 bridgehead atoms. The van der Waals surface area contributed by atoms with Gasteiger partial charge in [0.15, 0.2) is 15.7 Å². The van der Waals surface area contributed by atoms with Gasteiger partial charge in [0.1, 0.15) is 0 Å². The van der Waals surface area contributed by atoms with Crippen molar-refractivity contribution in [2.24, 2.45) is 0 Å². The third-order valence-electron chi connectivity index (χ3n) is 3.64. The molecule has 7 nitrogen and oxygen atoms in total. The van der Waals surface area contributed by atoms with Crippen LogP contribution < -0.4 is 5.32 Å². The van der Waals surface area contributed by atoms with Crippen LogP contribution in [0.25, 0.3) is 5.82 Å². The van der Waals surface area contributed by atoms with Gasteiger partial charge in [0, 0.05) is 30.4 Å². The Labute approximate surface area is 145 Å². The first-order valence-electron chi connectivity index (χ1n) is 7.43. The number of rotatable bonds is 4. The van der Waals surface area contributed by atoms with Crippen LogP contribution in [0.1, 0.15) is 15.9 Å². The van der Waals surface area contributed by atoms with Gasteiger partial charge < -0.3 is 5.32 Å². The molecule has 25 heavy (non-hydrogen) atoms. The first-order valence-corrected chi connectivity index (χ1v) is 9.32. The minimum atomic E-state index is -3.40. The summed E-state index contributed by atoms with van der Waals surface area (Å²) in [6, 6.07) is 9.63. The van der Waals surface area contributed by atoms with Gasteiger partial charge in [-0.05, 0) is 42.8 Å². The zero-order chi connectivity index (χ0) is 18.0. The number of aryl methyl sites for hydroxylation is 1. The van der Waals surface area contributed by atoms with Crippen LogP contribution in [0.5, 0.6) is 0 Å². The van der Waals surface area contributed by atoms with Crippen LogP contribution in [0.2, 0.25) is 0 Å². The fourth-order valence-electron chi connectivity index (χ4n) is 2.34. The Bertz CT molecular complexity index is 1030. The highest BCUT2D eigenvalue weighted by atomic mass is 32.2. The smallest absolute Gasteiger partial charge is 0.256 e. The molecule has 1 N–H and O–H groups in total. The number of sulfone groups is 1. The van der Waals surface area contributed by atoms with Crippen LogP contribution >= 0.6 is 0 Å². The molecule has 0 spiro atoms. The minimum Gasteiger partial charge on any atom is -0.319 e. The van der Waals surface area contributed by atoms with Crippen LogP contribution in [0, 0.1) is 6.92 Å². The summed E-state index contributed by atoms with van der Waals surface area (Å²) in [5, 5.41) is 6.89. The molecule has 0 aliphatic carbocycles. The number of nitrogens with zero attached hydrogens (tertiary/aromatic N) is 3. The molecule has 2 aromatic heterocycles. The predicted molar refractivity (Wildman–Crippen MR) is 93.6 cm³/mol. The van der Waals surface area contributed by atoms with E-state index in [9.17, 15) is 13.2 Å². The summed E-state index contributed by atoms with van der Waals surface area (Å²) in [7, 11) is -3.40. The highest BCUT2D eigenvalue weighted by Crippen LogP contribution is 2.20. The van der Waals surface area contributed by atoms with Crippen LogP contribution in [0.4, 0.5) is 5.69 Å². The molecule has 0 saturated carbocycles. The summed E-state index contributed by atoms with van der Waals surface area (Å²) >= 11 is 0. The first-order chi connectivity index (χ1) is 11.9. The average molecular weight is 356 g/mol. The maximum atomic E-state index is 12.7. The van der Waals surface area contributed by atoms with E-state index >= 15 is 0 Å². The molecule has 0 unspecified atom stereocenters. The van der Waals surface area contributed by atoms with Crippen LogP contribution in [-0.4, -0.2) is 35.3 Å². The van der Waals surface area contributed by atoms with Crippen molar-refractivity contribution in [3.63, 3.8) is 0 Å². The van der Waals surface area contributed by atoms with E-state index in [1.807, 2.05) is 0 Å². The van der Waals surface area contributed by atoms with Crippen LogP contribution in [0.15, 0.2) is 59.9 Å². The van der Waals surface area contributed by atoms with Gasteiger partial charge in [0.2, 0.25) is 0 Å². The summed E-state index contributed by atoms with van der Waals surface area (Å²) in [5.74, 6) is 0.0576. The molecule has 1 amide bonds. The second-order valence-electron chi connectivity index (χ2n) is 5.53. The highest BCUT2D eigenvalue weighted by molar-refractivity contribution is 7.90. The van der Waals surface area contributed by atoms with Crippen molar-refractivity contribution in [1.82, 2.24) is 14.8 Å². The van der Waals surface area contributed by atoms with Gasteiger partial charge in [0.05, 0.1) is 10.6 Å². The molecule has 0 fully saturated rings. The largest absolute Gasteiger partial charge is 0.319 e. The van der Waals surface area contributed by atoms with Gasteiger partial charge in [-0.1, -0.05) is 6.07 Å². The molecule has 3 aromatic rings. The molecule has 2 heterocycles. The molecule has 128 valence electrons. The third kappa shape index (κ3) is 3.58. The van der Waals surface area contributed by atoms with E-state index in [4.69, 9.17) is 0 Å². The molecule has 1 aromatic carbocycles. The summed E-state index contributed by atoms with van der Waals surface area (Å²) in [6.45, 7) is 1.75. The van der Waals surface area contributed by atoms with Crippen molar-refractivity contribution < 1.29 is 13.2 Å². The monoisotopic (exact) mass is 356 g/mol. The second-order valence-corrected chi connectivity index (χ2v) is 7.54. The second kappa shape index (κ2) is 6.48. The Balaban J connectivity index is 1.97. The number of hydrogen-bond donors (Lipinski definition) is 1. The Morgan fingerprint density at radius 1 is 1.16 bits per heavy atom. The maximum Gasteiger partial charge on any atom is 0.256 e. The number of carbonyl (C=O) groups is 1. The molecule has 0 aliphatic rings. The standard InChI is InChI=1S/C17H16N4O3S/c1-12-6-7-13(25(2,23)24)11-14(12)17(22)20-15-5-3-8-18-16(15)21-10-4-9-19-21/h3-11H,1-2H3,(H,20,22). The summed E-state index contributed by atoms with van der Waals surface area (Å²) in [4.78, 5) is 17.0. The number of carbonyl (C=O) groups excluding carboxylic acids is 1. The lowest BCUT2D eigenvalue weighted by Crippen LogP contribution is -2.16. The van der Waals surface area contributed by atoms with Crippen molar-refractivity contribution in [1.29, 1.82) is 0 Å². The van der Waals surface area contributed by atoms with Gasteiger partial charge in [0.25, 0.3) is 5.91 Å². The Morgan fingerprint density at radius 2 is 1.96 bits per heavy atom. The van der Waals surface area contributed by atoms with Crippen molar-refractivity contribution in [3.05, 3.63) is 66.1 Å². The molecule has 3 rings (SSSR count). The van der Waals surface area contributed by atoms with Crippen molar-refractivity contribution in [2.45, 2.75) is 11.8 Å². The van der Waals surface area contributed by atoms with Gasteiger partial charge in [-0.25, -0.2) is 18.1 Å². The van der Waals surface area contributed by atoms with E-state index in [1.165, 1.54) is 16.8 Å². The fraction of sp³-hybridized carbons (Fsp3) is 0.118. The summed E-state index contributed by atoms with van der Waals surface area (Å²) in [6.07, 6.45) is 6.03. The van der Waals surface area contributed by atoms with E-state index in [1.54, 1.807) is 49.8 Å². The predicted octanol–water partition coefficient (Wildman–Crippen LogP) is 2.23. The topological polar surface area (TPSA) is 94.0 Å². The molecular formula is C17H16N4O3S. The van der Waals surface area contributed by atoms with Gasteiger partial charge in [-0.3, -0.25) is 4.79 Å². The Hall–Kier alpha value is -3.00. The molecular weight excluding hydrogens is 340 g/mol. The first kappa shape index (κ1) is 16.8. The number of nitrogens with one attached hydrogen (secondary N) is 1. The van der Waals surface area contributed by atoms with Crippen LogP contribution in [0.3, 0.4) is 0 Å². The van der Waals surface area contributed by atoms with Crippen molar-refractivity contribution in [3.8, 4) is 5.82 Å². The number of pyridine rings is 1. The number of benzene rings is 1. The molecule has 8 heteroatoms.